The Morgan fingerprint density at radius 1 is 1.08 bits per heavy atom. The van der Waals surface area contributed by atoms with Crippen LogP contribution in [0.3, 0.4) is 0 Å². The maximum absolute atomic E-state index is 5.44. The molecule has 3 nitrogen and oxygen atoms in total. The molecule has 4 rings (SSSR count). The van der Waals surface area contributed by atoms with E-state index < -0.39 is 0 Å². The molecular formula is C22H20N2O. The molecule has 0 radical (unpaired) electrons. The first-order chi connectivity index (χ1) is 12.3. The van der Waals surface area contributed by atoms with Crippen LogP contribution < -0.4 is 5.01 Å². The van der Waals surface area contributed by atoms with Crippen molar-refractivity contribution >= 4 is 11.4 Å². The van der Waals surface area contributed by atoms with Crippen molar-refractivity contribution in [3.8, 4) is 0 Å². The van der Waals surface area contributed by atoms with Gasteiger partial charge in [0.05, 0.1) is 24.6 Å². The molecule has 0 saturated carbocycles. The van der Waals surface area contributed by atoms with Crippen molar-refractivity contribution < 1.29 is 4.74 Å². The zero-order valence-corrected chi connectivity index (χ0v) is 14.0. The van der Waals surface area contributed by atoms with Crippen LogP contribution >= 0.6 is 0 Å². The molecule has 1 saturated heterocycles. The molecule has 1 aliphatic heterocycles. The average Bonchev–Trinajstić information content (AvgIpc) is 3.39. The molecule has 0 bridgehead atoms. The third kappa shape index (κ3) is 3.62. The van der Waals surface area contributed by atoms with Gasteiger partial charge < -0.3 is 4.74 Å². The summed E-state index contributed by atoms with van der Waals surface area (Å²) in [6.45, 7) is 5.70. The molecule has 0 spiro atoms. The van der Waals surface area contributed by atoms with Gasteiger partial charge in [-0.25, -0.2) is 0 Å². The first kappa shape index (κ1) is 15.6. The highest BCUT2D eigenvalue weighted by Crippen LogP contribution is 2.25. The van der Waals surface area contributed by atoms with Crippen molar-refractivity contribution in [1.29, 1.82) is 0 Å². The molecule has 25 heavy (non-hydrogen) atoms. The zero-order valence-electron chi connectivity index (χ0n) is 14.0. The Bertz CT molecular complexity index is 846. The average molecular weight is 328 g/mol. The van der Waals surface area contributed by atoms with Gasteiger partial charge in [0.15, 0.2) is 0 Å². The summed E-state index contributed by atoms with van der Waals surface area (Å²) in [6.07, 6.45) is 6.36. The Labute approximate surface area is 148 Å². The van der Waals surface area contributed by atoms with E-state index in [0.29, 0.717) is 0 Å². The van der Waals surface area contributed by atoms with E-state index in [1.54, 1.807) is 0 Å². The molecule has 1 aliphatic carbocycles. The fourth-order valence-corrected chi connectivity index (χ4v) is 2.84. The van der Waals surface area contributed by atoms with E-state index in [2.05, 4.69) is 36.9 Å². The number of benzene rings is 2. The monoisotopic (exact) mass is 328 g/mol. The molecule has 3 heteroatoms. The van der Waals surface area contributed by atoms with Crippen LogP contribution in [0.4, 0.5) is 5.69 Å². The van der Waals surface area contributed by atoms with E-state index in [0.717, 1.165) is 41.3 Å². The molecule has 0 amide bonds. The molecule has 0 N–H and O–H groups in total. The Balaban J connectivity index is 1.76. The van der Waals surface area contributed by atoms with Gasteiger partial charge in [0.1, 0.15) is 6.10 Å². The van der Waals surface area contributed by atoms with E-state index in [1.165, 1.54) is 0 Å². The maximum Gasteiger partial charge on any atom is 0.101 e. The highest BCUT2D eigenvalue weighted by atomic mass is 16.6. The normalized spacial score (nSPS) is 19.0. The Morgan fingerprint density at radius 3 is 2.36 bits per heavy atom. The molecule has 1 unspecified atom stereocenters. The van der Waals surface area contributed by atoms with Gasteiger partial charge >= 0.3 is 0 Å². The van der Waals surface area contributed by atoms with Crippen LogP contribution in [0, 0.1) is 0 Å². The quantitative estimate of drug-likeness (QED) is 0.448. The largest absolute Gasteiger partial charge is 0.371 e. The summed E-state index contributed by atoms with van der Waals surface area (Å²) in [4.78, 5) is 0. The van der Waals surface area contributed by atoms with Crippen LogP contribution in [0.25, 0.3) is 0 Å². The van der Waals surface area contributed by atoms with Gasteiger partial charge in [-0.2, -0.15) is 5.10 Å². The summed E-state index contributed by atoms with van der Waals surface area (Å²) in [6, 6.07) is 20.5. The Hall–Kier alpha value is -2.91. The van der Waals surface area contributed by atoms with Crippen molar-refractivity contribution in [3.05, 3.63) is 102 Å². The molecule has 2 aliphatic rings. The standard InChI is InChI=1S/C22H20N2O/c1-17-9-8-14-21(17)22(18-10-4-2-5-11-18)23-24(15-20-16-25-20)19-12-6-3-7-13-19/h2-14,20H,1,15-16H2/b23-22-. The highest BCUT2D eigenvalue weighted by molar-refractivity contribution is 6.16. The lowest BCUT2D eigenvalue weighted by molar-refractivity contribution is 0.408. The number of nitrogens with zero attached hydrogens (tertiary/aromatic N) is 2. The lowest BCUT2D eigenvalue weighted by Gasteiger charge is -2.21. The molecular weight excluding hydrogens is 308 g/mol. The predicted molar refractivity (Wildman–Crippen MR) is 103 cm³/mol. The van der Waals surface area contributed by atoms with Gasteiger partial charge in [-0.05, 0) is 17.7 Å². The third-order valence-corrected chi connectivity index (χ3v) is 4.26. The summed E-state index contributed by atoms with van der Waals surface area (Å²) in [5.74, 6) is 0. The van der Waals surface area contributed by atoms with Crippen LogP contribution in [0.5, 0.6) is 0 Å². The number of ether oxygens (including phenoxy) is 1. The predicted octanol–water partition coefficient (Wildman–Crippen LogP) is 4.35. The minimum absolute atomic E-state index is 0.250. The van der Waals surface area contributed by atoms with E-state index >= 15 is 0 Å². The van der Waals surface area contributed by atoms with Crippen molar-refractivity contribution in [2.75, 3.05) is 18.2 Å². The van der Waals surface area contributed by atoms with Crippen LogP contribution in [0.15, 0.2) is 102 Å². The summed E-state index contributed by atoms with van der Waals surface area (Å²) >= 11 is 0. The molecule has 2 aromatic carbocycles. The minimum atomic E-state index is 0.250. The molecule has 1 fully saturated rings. The summed E-state index contributed by atoms with van der Waals surface area (Å²) < 4.78 is 5.44. The van der Waals surface area contributed by atoms with E-state index in [9.17, 15) is 0 Å². The number of rotatable bonds is 6. The number of hydrogen-bond donors (Lipinski definition) is 0. The minimum Gasteiger partial charge on any atom is -0.371 e. The second-order valence-corrected chi connectivity index (χ2v) is 6.15. The van der Waals surface area contributed by atoms with Crippen molar-refractivity contribution in [2.45, 2.75) is 6.10 Å². The van der Waals surface area contributed by atoms with Gasteiger partial charge in [0.2, 0.25) is 0 Å². The molecule has 2 aromatic rings. The first-order valence-electron chi connectivity index (χ1n) is 8.47. The van der Waals surface area contributed by atoms with Gasteiger partial charge in [-0.15, -0.1) is 0 Å². The van der Waals surface area contributed by atoms with Crippen LogP contribution in [0.2, 0.25) is 0 Å². The fourth-order valence-electron chi connectivity index (χ4n) is 2.84. The van der Waals surface area contributed by atoms with Crippen LogP contribution in [-0.4, -0.2) is 25.0 Å². The molecule has 0 aromatic heterocycles. The Kier molecular flexibility index (Phi) is 4.32. The van der Waals surface area contributed by atoms with E-state index in [-0.39, 0.29) is 6.10 Å². The smallest absolute Gasteiger partial charge is 0.101 e. The van der Waals surface area contributed by atoms with Crippen LogP contribution in [0.1, 0.15) is 5.56 Å². The number of epoxide rings is 1. The second kappa shape index (κ2) is 6.91. The van der Waals surface area contributed by atoms with Crippen molar-refractivity contribution in [2.24, 2.45) is 5.10 Å². The van der Waals surface area contributed by atoms with Crippen molar-refractivity contribution in [3.63, 3.8) is 0 Å². The topological polar surface area (TPSA) is 28.1 Å². The van der Waals surface area contributed by atoms with Crippen molar-refractivity contribution in [1.82, 2.24) is 0 Å². The van der Waals surface area contributed by atoms with E-state index in [4.69, 9.17) is 9.84 Å². The van der Waals surface area contributed by atoms with Gasteiger partial charge in [-0.1, -0.05) is 73.3 Å². The molecule has 124 valence electrons. The van der Waals surface area contributed by atoms with Crippen LogP contribution in [-0.2, 0) is 4.74 Å². The highest BCUT2D eigenvalue weighted by Gasteiger charge is 2.26. The lowest BCUT2D eigenvalue weighted by atomic mass is 9.99. The fraction of sp³-hybridized carbons (Fsp3) is 0.136. The molecule has 1 heterocycles. The number of anilines is 1. The third-order valence-electron chi connectivity index (χ3n) is 4.26. The number of para-hydroxylation sites is 1. The van der Waals surface area contributed by atoms with Gasteiger partial charge in [-0.3, -0.25) is 5.01 Å². The summed E-state index contributed by atoms with van der Waals surface area (Å²) in [7, 11) is 0. The zero-order chi connectivity index (χ0) is 17.1. The maximum atomic E-state index is 5.44. The summed E-state index contributed by atoms with van der Waals surface area (Å²) in [5, 5.41) is 7.06. The van der Waals surface area contributed by atoms with Gasteiger partial charge in [0.25, 0.3) is 0 Å². The Morgan fingerprint density at radius 2 is 1.76 bits per heavy atom. The lowest BCUT2D eigenvalue weighted by Crippen LogP contribution is -2.25. The second-order valence-electron chi connectivity index (χ2n) is 6.15. The first-order valence-corrected chi connectivity index (χ1v) is 8.47. The van der Waals surface area contributed by atoms with E-state index in [1.807, 2.05) is 53.6 Å². The number of hydrogen-bond acceptors (Lipinski definition) is 3. The number of allylic oxidation sites excluding steroid dienone is 5. The number of hydrazone groups is 1. The molecule has 1 atom stereocenters. The SMILES string of the molecule is C=C1C=CC=C1/C(=N\N(CC1CO1)c1ccccc1)c1ccccc1. The summed E-state index contributed by atoms with van der Waals surface area (Å²) in [5.41, 5.74) is 5.11. The van der Waals surface area contributed by atoms with Gasteiger partial charge in [0, 0.05) is 11.1 Å².